The maximum Gasteiger partial charge on any atom is 0.308 e. The van der Waals surface area contributed by atoms with E-state index in [4.69, 9.17) is 0 Å². The standard InChI is InChI=1S/C12H14F2O5/c1-18-8-4-3-6(10(13)11(8)14)12(17)7(15)5-9(16)19-2/h3-4,7,12,15,17H,5H2,1-2H3. The number of carbonyl (C=O) groups is 1. The molecule has 2 N–H and O–H groups in total. The quantitative estimate of drug-likeness (QED) is 0.782. The average Bonchev–Trinajstić information content (AvgIpc) is 2.40. The Balaban J connectivity index is 2.97. The summed E-state index contributed by atoms with van der Waals surface area (Å²) in [7, 11) is 2.27. The van der Waals surface area contributed by atoms with Gasteiger partial charge in [-0.25, -0.2) is 4.39 Å². The molecule has 1 aromatic carbocycles. The number of carbonyl (C=O) groups excluding carboxylic acids is 1. The normalized spacial score (nSPS) is 13.8. The highest BCUT2D eigenvalue weighted by Crippen LogP contribution is 2.28. The van der Waals surface area contributed by atoms with E-state index in [0.29, 0.717) is 0 Å². The first-order valence-corrected chi connectivity index (χ1v) is 5.37. The van der Waals surface area contributed by atoms with Crippen molar-refractivity contribution in [2.75, 3.05) is 14.2 Å². The van der Waals surface area contributed by atoms with Gasteiger partial charge in [0.1, 0.15) is 6.10 Å². The van der Waals surface area contributed by atoms with Gasteiger partial charge in [-0.05, 0) is 12.1 Å². The molecule has 0 aromatic heterocycles. The molecule has 106 valence electrons. The van der Waals surface area contributed by atoms with Crippen molar-refractivity contribution in [3.63, 3.8) is 0 Å². The number of halogens is 2. The second-order valence-electron chi connectivity index (χ2n) is 3.78. The van der Waals surface area contributed by atoms with Crippen LogP contribution >= 0.6 is 0 Å². The molecule has 0 saturated heterocycles. The largest absolute Gasteiger partial charge is 0.494 e. The van der Waals surface area contributed by atoms with E-state index in [1.54, 1.807) is 0 Å². The molecule has 0 aliphatic carbocycles. The summed E-state index contributed by atoms with van der Waals surface area (Å²) in [4.78, 5) is 10.9. The monoisotopic (exact) mass is 276 g/mol. The van der Waals surface area contributed by atoms with Crippen molar-refractivity contribution in [2.45, 2.75) is 18.6 Å². The van der Waals surface area contributed by atoms with Crippen LogP contribution < -0.4 is 4.74 Å². The van der Waals surface area contributed by atoms with E-state index in [0.717, 1.165) is 19.2 Å². The van der Waals surface area contributed by atoms with Crippen molar-refractivity contribution < 1.29 is 33.3 Å². The lowest BCUT2D eigenvalue weighted by molar-refractivity contribution is -0.144. The summed E-state index contributed by atoms with van der Waals surface area (Å²) in [5.74, 6) is -3.71. The van der Waals surface area contributed by atoms with Crippen LogP contribution in [-0.4, -0.2) is 36.5 Å². The van der Waals surface area contributed by atoms with Crippen LogP contribution in [0.1, 0.15) is 18.1 Å². The van der Waals surface area contributed by atoms with Gasteiger partial charge in [0, 0.05) is 5.56 Å². The van der Waals surface area contributed by atoms with Crippen molar-refractivity contribution in [3.8, 4) is 5.75 Å². The molecule has 7 heteroatoms. The van der Waals surface area contributed by atoms with Crippen LogP contribution in [0.15, 0.2) is 12.1 Å². The maximum absolute atomic E-state index is 13.6. The summed E-state index contributed by atoms with van der Waals surface area (Å²) in [6.07, 6.45) is -3.89. The van der Waals surface area contributed by atoms with Crippen LogP contribution in [-0.2, 0) is 9.53 Å². The third kappa shape index (κ3) is 3.39. The Labute approximate surface area is 108 Å². The number of methoxy groups -OCH3 is 2. The minimum Gasteiger partial charge on any atom is -0.494 e. The van der Waals surface area contributed by atoms with Crippen molar-refractivity contribution in [1.29, 1.82) is 0 Å². The maximum atomic E-state index is 13.6. The van der Waals surface area contributed by atoms with Crippen molar-refractivity contribution in [3.05, 3.63) is 29.3 Å². The van der Waals surface area contributed by atoms with Crippen molar-refractivity contribution in [1.82, 2.24) is 0 Å². The van der Waals surface area contributed by atoms with Gasteiger partial charge >= 0.3 is 5.97 Å². The predicted octanol–water partition coefficient (Wildman–Crippen LogP) is 0.931. The molecule has 2 atom stereocenters. The van der Waals surface area contributed by atoms with E-state index in [1.165, 1.54) is 7.11 Å². The zero-order chi connectivity index (χ0) is 14.6. The van der Waals surface area contributed by atoms with Crippen LogP contribution in [0, 0.1) is 11.6 Å². The summed E-state index contributed by atoms with van der Waals surface area (Å²) in [6.45, 7) is 0. The van der Waals surface area contributed by atoms with E-state index in [2.05, 4.69) is 9.47 Å². The molecule has 19 heavy (non-hydrogen) atoms. The van der Waals surface area contributed by atoms with Crippen molar-refractivity contribution >= 4 is 5.97 Å². The molecular formula is C12H14F2O5. The molecule has 0 spiro atoms. The Hall–Kier alpha value is -1.73. The number of aliphatic hydroxyl groups excluding tert-OH is 2. The Bertz CT molecular complexity index is 464. The summed E-state index contributed by atoms with van der Waals surface area (Å²) >= 11 is 0. The molecule has 0 bridgehead atoms. The second-order valence-corrected chi connectivity index (χ2v) is 3.78. The van der Waals surface area contributed by atoms with Gasteiger partial charge in [0.05, 0.1) is 26.7 Å². The fourth-order valence-electron chi connectivity index (χ4n) is 1.51. The molecule has 1 aromatic rings. The summed E-state index contributed by atoms with van der Waals surface area (Å²) in [6, 6.07) is 2.18. The van der Waals surface area contributed by atoms with E-state index >= 15 is 0 Å². The smallest absolute Gasteiger partial charge is 0.308 e. The minimum atomic E-state index is -1.75. The molecule has 0 radical (unpaired) electrons. The summed E-state index contributed by atoms with van der Waals surface area (Å²) in [5, 5.41) is 19.2. The highest BCUT2D eigenvalue weighted by molar-refractivity contribution is 5.69. The Kier molecular flexibility index (Phi) is 5.20. The molecule has 1 rings (SSSR count). The molecular weight excluding hydrogens is 262 g/mol. The Morgan fingerprint density at radius 3 is 2.42 bits per heavy atom. The molecule has 0 amide bonds. The van der Waals surface area contributed by atoms with E-state index in [9.17, 15) is 23.8 Å². The van der Waals surface area contributed by atoms with Gasteiger partial charge in [-0.3, -0.25) is 4.79 Å². The SMILES string of the molecule is COC(=O)CC(O)C(O)c1ccc(OC)c(F)c1F. The van der Waals surface area contributed by atoms with Gasteiger partial charge < -0.3 is 19.7 Å². The molecule has 0 fully saturated rings. The number of hydrogen-bond acceptors (Lipinski definition) is 5. The zero-order valence-corrected chi connectivity index (χ0v) is 10.4. The number of aliphatic hydroxyl groups is 2. The first kappa shape index (κ1) is 15.3. The zero-order valence-electron chi connectivity index (χ0n) is 10.4. The third-order valence-electron chi connectivity index (χ3n) is 2.58. The first-order chi connectivity index (χ1) is 8.92. The highest BCUT2D eigenvalue weighted by Gasteiger charge is 2.26. The molecule has 0 aliphatic heterocycles. The lowest BCUT2D eigenvalue weighted by Crippen LogP contribution is -2.23. The fourth-order valence-corrected chi connectivity index (χ4v) is 1.51. The van der Waals surface area contributed by atoms with Gasteiger partial charge in [0.2, 0.25) is 5.82 Å². The minimum absolute atomic E-state index is 0.323. The summed E-state index contributed by atoms with van der Waals surface area (Å²) < 4.78 is 35.9. The predicted molar refractivity (Wildman–Crippen MR) is 60.5 cm³/mol. The second kappa shape index (κ2) is 6.44. The fraction of sp³-hybridized carbons (Fsp3) is 0.417. The Morgan fingerprint density at radius 2 is 1.89 bits per heavy atom. The van der Waals surface area contributed by atoms with Crippen LogP contribution in [0.4, 0.5) is 8.78 Å². The van der Waals surface area contributed by atoms with E-state index in [-0.39, 0.29) is 5.75 Å². The van der Waals surface area contributed by atoms with Crippen molar-refractivity contribution in [2.24, 2.45) is 0 Å². The number of esters is 1. The van der Waals surface area contributed by atoms with Gasteiger partial charge in [-0.2, -0.15) is 4.39 Å². The van der Waals surface area contributed by atoms with Crippen LogP contribution in [0.25, 0.3) is 0 Å². The van der Waals surface area contributed by atoms with Gasteiger partial charge in [-0.1, -0.05) is 0 Å². The molecule has 0 heterocycles. The van der Waals surface area contributed by atoms with Gasteiger partial charge in [-0.15, -0.1) is 0 Å². The number of rotatable bonds is 5. The topological polar surface area (TPSA) is 76.0 Å². The van der Waals surface area contributed by atoms with Crippen LogP contribution in [0.2, 0.25) is 0 Å². The number of benzene rings is 1. The van der Waals surface area contributed by atoms with Gasteiger partial charge in [0.15, 0.2) is 11.6 Å². The highest BCUT2D eigenvalue weighted by atomic mass is 19.2. The molecule has 2 unspecified atom stereocenters. The number of ether oxygens (including phenoxy) is 2. The van der Waals surface area contributed by atoms with E-state index in [1.807, 2.05) is 0 Å². The molecule has 0 saturated carbocycles. The molecule has 0 aliphatic rings. The third-order valence-corrected chi connectivity index (χ3v) is 2.58. The lowest BCUT2D eigenvalue weighted by atomic mass is 10.0. The first-order valence-electron chi connectivity index (χ1n) is 5.37. The number of hydrogen-bond donors (Lipinski definition) is 2. The van der Waals surface area contributed by atoms with E-state index < -0.39 is 41.8 Å². The van der Waals surface area contributed by atoms with Crippen LogP contribution in [0.5, 0.6) is 5.75 Å². The average molecular weight is 276 g/mol. The van der Waals surface area contributed by atoms with Gasteiger partial charge in [0.25, 0.3) is 0 Å². The molecule has 5 nitrogen and oxygen atoms in total. The Morgan fingerprint density at radius 1 is 1.26 bits per heavy atom. The summed E-state index contributed by atoms with van der Waals surface area (Å²) in [5.41, 5.74) is -0.463. The lowest BCUT2D eigenvalue weighted by Gasteiger charge is -2.18. The van der Waals surface area contributed by atoms with Crippen LogP contribution in [0.3, 0.4) is 0 Å².